The fraction of sp³-hybridized carbons (Fsp3) is 0.538. The summed E-state index contributed by atoms with van der Waals surface area (Å²) in [6.07, 6.45) is 2.24. The van der Waals surface area contributed by atoms with Crippen molar-refractivity contribution in [2.24, 2.45) is 5.73 Å². The molecule has 0 atom stereocenters. The molecule has 0 amide bonds. The van der Waals surface area contributed by atoms with Gasteiger partial charge in [-0.25, -0.2) is 5.32 Å². The topological polar surface area (TPSA) is 49.4 Å². The Kier molecular flexibility index (Phi) is 2.37. The van der Waals surface area contributed by atoms with Crippen molar-refractivity contribution < 1.29 is 4.74 Å². The average molecular weight is 217 g/mol. The molecule has 2 aliphatic heterocycles. The predicted octanol–water partition coefficient (Wildman–Crippen LogP) is 1.17. The maximum Gasteiger partial charge on any atom is 0.123 e. The van der Waals surface area contributed by atoms with Gasteiger partial charge in [-0.05, 0) is 24.5 Å². The Labute approximate surface area is 96.0 Å². The van der Waals surface area contributed by atoms with E-state index in [4.69, 9.17) is 10.5 Å². The Hall–Kier alpha value is -1.06. The predicted molar refractivity (Wildman–Crippen MR) is 62.6 cm³/mol. The Balaban J connectivity index is 2.02. The smallest absolute Gasteiger partial charge is 0.123 e. The van der Waals surface area contributed by atoms with Gasteiger partial charge < -0.3 is 10.5 Å². The summed E-state index contributed by atoms with van der Waals surface area (Å²) in [6, 6.07) is 6.36. The van der Waals surface area contributed by atoms with Gasteiger partial charge >= 0.3 is 0 Å². The van der Waals surface area contributed by atoms with Crippen LogP contribution >= 0.6 is 0 Å². The van der Waals surface area contributed by atoms with Gasteiger partial charge in [0.05, 0.1) is 6.61 Å². The lowest BCUT2D eigenvalue weighted by Crippen LogP contribution is -2.38. The molecule has 1 radical (unpaired) electrons. The first-order valence-electron chi connectivity index (χ1n) is 5.94. The van der Waals surface area contributed by atoms with E-state index in [2.05, 4.69) is 23.5 Å². The number of rotatable bonds is 1. The van der Waals surface area contributed by atoms with Gasteiger partial charge in [-0.15, -0.1) is 0 Å². The minimum atomic E-state index is 0.224. The van der Waals surface area contributed by atoms with Crippen LogP contribution in [0.1, 0.15) is 24.0 Å². The molecule has 3 rings (SSSR count). The monoisotopic (exact) mass is 217 g/mol. The highest BCUT2D eigenvalue weighted by Crippen LogP contribution is 2.44. The number of piperidine rings is 1. The van der Waals surface area contributed by atoms with Crippen LogP contribution in [-0.2, 0) is 12.0 Å². The van der Waals surface area contributed by atoms with Gasteiger partial charge in [-0.3, -0.25) is 0 Å². The largest absolute Gasteiger partial charge is 0.492 e. The van der Waals surface area contributed by atoms with Gasteiger partial charge in [-0.1, -0.05) is 12.1 Å². The van der Waals surface area contributed by atoms with E-state index in [9.17, 15) is 0 Å². The number of ether oxygens (including phenoxy) is 1. The van der Waals surface area contributed by atoms with Crippen molar-refractivity contribution >= 4 is 0 Å². The number of hydrogen-bond acceptors (Lipinski definition) is 2. The molecule has 0 bridgehead atoms. The fourth-order valence-electron chi connectivity index (χ4n) is 2.77. The van der Waals surface area contributed by atoms with Gasteiger partial charge in [-0.2, -0.15) is 0 Å². The molecule has 16 heavy (non-hydrogen) atoms. The Morgan fingerprint density at radius 2 is 2.12 bits per heavy atom. The minimum Gasteiger partial charge on any atom is -0.492 e. The Morgan fingerprint density at radius 1 is 1.31 bits per heavy atom. The summed E-state index contributed by atoms with van der Waals surface area (Å²) >= 11 is 0. The van der Waals surface area contributed by atoms with Crippen LogP contribution in [0.3, 0.4) is 0 Å². The van der Waals surface area contributed by atoms with Crippen molar-refractivity contribution in [1.29, 1.82) is 0 Å². The lowest BCUT2D eigenvalue weighted by Gasteiger charge is -2.31. The molecule has 2 heterocycles. The highest BCUT2D eigenvalue weighted by molar-refractivity contribution is 5.46. The molecule has 2 N–H and O–H groups in total. The van der Waals surface area contributed by atoms with Crippen molar-refractivity contribution in [2.75, 3.05) is 19.7 Å². The quantitative estimate of drug-likeness (QED) is 0.767. The summed E-state index contributed by atoms with van der Waals surface area (Å²) < 4.78 is 5.81. The summed E-state index contributed by atoms with van der Waals surface area (Å²) in [7, 11) is 0. The standard InChI is InChI=1S/C13H17N2O/c14-8-10-1-2-12-11(7-10)13(9-16-12)3-5-15-6-4-13/h1-2,7H,3-6,8-9,14H2. The summed E-state index contributed by atoms with van der Waals surface area (Å²) in [5.74, 6) is 1.05. The van der Waals surface area contributed by atoms with E-state index >= 15 is 0 Å². The van der Waals surface area contributed by atoms with Crippen LogP contribution in [0, 0.1) is 0 Å². The van der Waals surface area contributed by atoms with E-state index in [1.165, 1.54) is 11.1 Å². The van der Waals surface area contributed by atoms with E-state index in [1.807, 2.05) is 0 Å². The van der Waals surface area contributed by atoms with Crippen LogP contribution in [0.15, 0.2) is 18.2 Å². The van der Waals surface area contributed by atoms with Crippen molar-refractivity contribution in [3.05, 3.63) is 29.3 Å². The number of benzene rings is 1. The second-order valence-electron chi connectivity index (χ2n) is 4.77. The van der Waals surface area contributed by atoms with Gasteiger partial charge in [0.25, 0.3) is 0 Å². The van der Waals surface area contributed by atoms with Crippen molar-refractivity contribution in [2.45, 2.75) is 24.8 Å². The maximum atomic E-state index is 5.81. The maximum absolute atomic E-state index is 5.81. The minimum absolute atomic E-state index is 0.224. The molecule has 1 saturated heterocycles. The number of fused-ring (bicyclic) bond motifs is 2. The molecule has 1 spiro atoms. The van der Waals surface area contributed by atoms with Crippen molar-refractivity contribution in [3.8, 4) is 5.75 Å². The van der Waals surface area contributed by atoms with Crippen LogP contribution in [-0.4, -0.2) is 19.7 Å². The van der Waals surface area contributed by atoms with E-state index in [-0.39, 0.29) is 5.41 Å². The van der Waals surface area contributed by atoms with E-state index in [1.54, 1.807) is 0 Å². The highest BCUT2D eigenvalue weighted by Gasteiger charge is 2.41. The third-order valence-corrected chi connectivity index (χ3v) is 3.85. The molecule has 3 heteroatoms. The van der Waals surface area contributed by atoms with Crippen LogP contribution in [0.25, 0.3) is 0 Å². The van der Waals surface area contributed by atoms with Gasteiger partial charge in [0.1, 0.15) is 5.75 Å². The molecule has 0 unspecified atom stereocenters. The molecular formula is C13H17N2O. The van der Waals surface area contributed by atoms with Crippen molar-refractivity contribution in [3.63, 3.8) is 0 Å². The molecule has 2 aliphatic rings. The Bertz CT molecular complexity index is 391. The molecule has 0 saturated carbocycles. The fourth-order valence-corrected chi connectivity index (χ4v) is 2.77. The summed E-state index contributed by atoms with van der Waals surface area (Å²) in [5, 5.41) is 4.43. The number of nitrogens with two attached hydrogens (primary N) is 1. The zero-order chi connectivity index (χ0) is 11.0. The Morgan fingerprint density at radius 3 is 2.88 bits per heavy atom. The molecule has 3 nitrogen and oxygen atoms in total. The molecular weight excluding hydrogens is 200 g/mol. The molecule has 85 valence electrons. The number of nitrogens with zero attached hydrogens (tertiary/aromatic N) is 1. The summed E-state index contributed by atoms with van der Waals surface area (Å²) in [5.41, 5.74) is 8.49. The van der Waals surface area contributed by atoms with Crippen molar-refractivity contribution in [1.82, 2.24) is 5.32 Å². The van der Waals surface area contributed by atoms with Gasteiger partial charge in [0.15, 0.2) is 0 Å². The first-order chi connectivity index (χ1) is 7.84. The van der Waals surface area contributed by atoms with Gasteiger partial charge in [0, 0.05) is 30.6 Å². The molecule has 1 fully saturated rings. The van der Waals surface area contributed by atoms with Gasteiger partial charge in [0.2, 0.25) is 0 Å². The van der Waals surface area contributed by atoms with Crippen LogP contribution < -0.4 is 15.8 Å². The third kappa shape index (κ3) is 1.43. The first kappa shape index (κ1) is 10.1. The zero-order valence-electron chi connectivity index (χ0n) is 9.41. The summed E-state index contributed by atoms with van der Waals surface area (Å²) in [6.45, 7) is 3.37. The number of hydrogen-bond donors (Lipinski definition) is 1. The lowest BCUT2D eigenvalue weighted by molar-refractivity contribution is 0.219. The van der Waals surface area contributed by atoms with E-state index in [0.717, 1.165) is 38.3 Å². The second-order valence-corrected chi connectivity index (χ2v) is 4.77. The van der Waals surface area contributed by atoms with E-state index in [0.29, 0.717) is 6.54 Å². The SMILES string of the molecule is NCc1ccc2c(c1)C1(CC[N]CC1)CO2. The highest BCUT2D eigenvalue weighted by atomic mass is 16.5. The lowest BCUT2D eigenvalue weighted by atomic mass is 9.74. The molecule has 0 aromatic heterocycles. The normalized spacial score (nSPS) is 21.8. The van der Waals surface area contributed by atoms with E-state index < -0.39 is 0 Å². The molecule has 1 aromatic carbocycles. The third-order valence-electron chi connectivity index (χ3n) is 3.85. The molecule has 0 aliphatic carbocycles. The van der Waals surface area contributed by atoms with Crippen LogP contribution in [0.4, 0.5) is 0 Å². The van der Waals surface area contributed by atoms with Crippen LogP contribution in [0.5, 0.6) is 5.75 Å². The molecule has 1 aromatic rings. The average Bonchev–Trinajstić information content (AvgIpc) is 2.69. The zero-order valence-corrected chi connectivity index (χ0v) is 9.41. The first-order valence-corrected chi connectivity index (χ1v) is 5.94. The second kappa shape index (κ2) is 3.75. The van der Waals surface area contributed by atoms with Crippen LogP contribution in [0.2, 0.25) is 0 Å². The summed E-state index contributed by atoms with van der Waals surface area (Å²) in [4.78, 5) is 0.